The van der Waals surface area contributed by atoms with Gasteiger partial charge in [-0.05, 0) is 37.4 Å². The fraction of sp³-hybridized carbons (Fsp3) is 0.462. The number of carbonyl (C=O) groups is 1. The molecule has 1 aromatic rings. The lowest BCUT2D eigenvalue weighted by Gasteiger charge is -2.09. The third-order valence-electron chi connectivity index (χ3n) is 2.53. The molecule has 17 heavy (non-hydrogen) atoms. The van der Waals surface area contributed by atoms with Gasteiger partial charge in [0, 0.05) is 23.5 Å². The maximum absolute atomic E-state index is 11.9. The van der Waals surface area contributed by atoms with Gasteiger partial charge in [-0.3, -0.25) is 4.79 Å². The zero-order valence-corrected chi connectivity index (χ0v) is 11.5. The first-order valence-corrected chi connectivity index (χ1v) is 7.05. The summed E-state index contributed by atoms with van der Waals surface area (Å²) in [4.78, 5) is 13.1. The van der Waals surface area contributed by atoms with Crippen LogP contribution in [0.5, 0.6) is 0 Å². The fourth-order valence-corrected chi connectivity index (χ4v) is 1.95. The maximum atomic E-state index is 11.9. The van der Waals surface area contributed by atoms with Crippen LogP contribution in [-0.2, 0) is 0 Å². The Labute approximate surface area is 107 Å². The molecule has 1 rings (SSSR count). The van der Waals surface area contributed by atoms with E-state index in [9.17, 15) is 4.79 Å². The highest BCUT2D eigenvalue weighted by atomic mass is 32.2. The van der Waals surface area contributed by atoms with Crippen molar-refractivity contribution in [3.63, 3.8) is 0 Å². The molecule has 0 spiro atoms. The molecule has 0 unspecified atom stereocenters. The number of nitrogens with one attached hydrogen (secondary N) is 2. The van der Waals surface area contributed by atoms with E-state index >= 15 is 0 Å². The minimum atomic E-state index is 0.0105. The molecule has 0 heterocycles. The number of aryl methyl sites for hydroxylation is 1. The first-order chi connectivity index (χ1) is 8.19. The Kier molecular flexibility index (Phi) is 6.08. The van der Waals surface area contributed by atoms with E-state index in [0.29, 0.717) is 6.54 Å². The SMILES string of the molecule is CCNCCNC(=O)c1cc(SC)ccc1C. The number of thioether (sulfide) groups is 1. The molecule has 0 fully saturated rings. The third kappa shape index (κ3) is 4.40. The molecule has 0 radical (unpaired) electrons. The van der Waals surface area contributed by atoms with E-state index in [4.69, 9.17) is 0 Å². The number of hydrogen-bond donors (Lipinski definition) is 2. The van der Waals surface area contributed by atoms with Gasteiger partial charge in [-0.15, -0.1) is 11.8 Å². The number of carbonyl (C=O) groups excluding carboxylic acids is 1. The Morgan fingerprint density at radius 3 is 2.76 bits per heavy atom. The Balaban J connectivity index is 2.61. The van der Waals surface area contributed by atoms with Crippen molar-refractivity contribution in [2.24, 2.45) is 0 Å². The molecule has 94 valence electrons. The van der Waals surface area contributed by atoms with Crippen LogP contribution in [0.3, 0.4) is 0 Å². The minimum Gasteiger partial charge on any atom is -0.351 e. The van der Waals surface area contributed by atoms with Crippen LogP contribution in [0.2, 0.25) is 0 Å². The summed E-state index contributed by atoms with van der Waals surface area (Å²) in [7, 11) is 0. The lowest BCUT2D eigenvalue weighted by atomic mass is 10.1. The average molecular weight is 252 g/mol. The predicted octanol–water partition coefficient (Wildman–Crippen LogP) is 2.06. The van der Waals surface area contributed by atoms with Gasteiger partial charge in [0.1, 0.15) is 0 Å². The molecule has 0 aliphatic heterocycles. The Hall–Kier alpha value is -1.00. The molecule has 0 bridgehead atoms. The van der Waals surface area contributed by atoms with Crippen LogP contribution >= 0.6 is 11.8 Å². The van der Waals surface area contributed by atoms with Crippen molar-refractivity contribution >= 4 is 17.7 Å². The molecular formula is C13H20N2OS. The van der Waals surface area contributed by atoms with Crippen molar-refractivity contribution in [3.8, 4) is 0 Å². The Morgan fingerprint density at radius 2 is 2.12 bits per heavy atom. The molecular weight excluding hydrogens is 232 g/mol. The van der Waals surface area contributed by atoms with Crippen LogP contribution in [0.1, 0.15) is 22.8 Å². The summed E-state index contributed by atoms with van der Waals surface area (Å²) in [5.74, 6) is 0.0105. The average Bonchev–Trinajstić information content (AvgIpc) is 2.35. The number of rotatable bonds is 6. The van der Waals surface area contributed by atoms with Gasteiger partial charge in [-0.2, -0.15) is 0 Å². The molecule has 0 saturated heterocycles. The van der Waals surface area contributed by atoms with Gasteiger partial charge < -0.3 is 10.6 Å². The number of likely N-dealkylation sites (N-methyl/N-ethyl adjacent to an activating group) is 1. The third-order valence-corrected chi connectivity index (χ3v) is 3.25. The highest BCUT2D eigenvalue weighted by Gasteiger charge is 2.08. The van der Waals surface area contributed by atoms with Gasteiger partial charge in [0.25, 0.3) is 5.91 Å². The van der Waals surface area contributed by atoms with Crippen molar-refractivity contribution in [2.45, 2.75) is 18.7 Å². The summed E-state index contributed by atoms with van der Waals surface area (Å²) in [5.41, 5.74) is 1.79. The van der Waals surface area contributed by atoms with Crippen LogP contribution in [0.15, 0.2) is 23.1 Å². The van der Waals surface area contributed by atoms with E-state index in [1.165, 1.54) is 0 Å². The first-order valence-electron chi connectivity index (χ1n) is 5.82. The largest absolute Gasteiger partial charge is 0.351 e. The van der Waals surface area contributed by atoms with Crippen LogP contribution in [-0.4, -0.2) is 31.8 Å². The van der Waals surface area contributed by atoms with Crippen molar-refractivity contribution in [3.05, 3.63) is 29.3 Å². The molecule has 2 N–H and O–H groups in total. The minimum absolute atomic E-state index is 0.0105. The smallest absolute Gasteiger partial charge is 0.251 e. The summed E-state index contributed by atoms with van der Waals surface area (Å²) in [6, 6.07) is 5.98. The summed E-state index contributed by atoms with van der Waals surface area (Å²) < 4.78 is 0. The fourth-order valence-electron chi connectivity index (χ4n) is 1.51. The van der Waals surface area contributed by atoms with Crippen LogP contribution in [0.4, 0.5) is 0 Å². The molecule has 0 aliphatic carbocycles. The normalized spacial score (nSPS) is 10.3. The summed E-state index contributed by atoms with van der Waals surface area (Å²) in [6.07, 6.45) is 2.01. The monoisotopic (exact) mass is 252 g/mol. The lowest BCUT2D eigenvalue weighted by molar-refractivity contribution is 0.0953. The quantitative estimate of drug-likeness (QED) is 0.601. The number of amides is 1. The van der Waals surface area contributed by atoms with Gasteiger partial charge in [0.15, 0.2) is 0 Å². The van der Waals surface area contributed by atoms with Crippen LogP contribution < -0.4 is 10.6 Å². The van der Waals surface area contributed by atoms with E-state index in [-0.39, 0.29) is 5.91 Å². The first kappa shape index (κ1) is 14.1. The molecule has 3 nitrogen and oxygen atoms in total. The maximum Gasteiger partial charge on any atom is 0.251 e. The van der Waals surface area contributed by atoms with Crippen molar-refractivity contribution < 1.29 is 4.79 Å². The van der Waals surface area contributed by atoms with Crippen molar-refractivity contribution in [2.75, 3.05) is 25.9 Å². The molecule has 1 amide bonds. The topological polar surface area (TPSA) is 41.1 Å². The van der Waals surface area contributed by atoms with E-state index < -0.39 is 0 Å². The van der Waals surface area contributed by atoms with Gasteiger partial charge in [-0.25, -0.2) is 0 Å². The van der Waals surface area contributed by atoms with Gasteiger partial charge in [-0.1, -0.05) is 13.0 Å². The number of hydrogen-bond acceptors (Lipinski definition) is 3. The van der Waals surface area contributed by atoms with Gasteiger partial charge >= 0.3 is 0 Å². The molecule has 4 heteroatoms. The highest BCUT2D eigenvalue weighted by molar-refractivity contribution is 7.98. The summed E-state index contributed by atoms with van der Waals surface area (Å²) in [6.45, 7) is 6.41. The highest BCUT2D eigenvalue weighted by Crippen LogP contribution is 2.18. The van der Waals surface area contributed by atoms with Gasteiger partial charge in [0.2, 0.25) is 0 Å². The molecule has 0 saturated carbocycles. The van der Waals surface area contributed by atoms with E-state index in [1.807, 2.05) is 38.3 Å². The van der Waals surface area contributed by atoms with Crippen LogP contribution in [0, 0.1) is 6.92 Å². The second-order valence-electron chi connectivity index (χ2n) is 3.79. The molecule has 0 aromatic heterocycles. The Bertz CT molecular complexity index is 380. The van der Waals surface area contributed by atoms with Crippen molar-refractivity contribution in [1.29, 1.82) is 0 Å². The Morgan fingerprint density at radius 1 is 1.35 bits per heavy atom. The molecule has 0 aliphatic rings. The second-order valence-corrected chi connectivity index (χ2v) is 4.67. The second kappa shape index (κ2) is 7.35. The van der Waals surface area contributed by atoms with E-state index in [2.05, 4.69) is 10.6 Å². The zero-order valence-electron chi connectivity index (χ0n) is 10.7. The number of benzene rings is 1. The summed E-state index contributed by atoms with van der Waals surface area (Å²) in [5, 5.41) is 6.09. The predicted molar refractivity (Wildman–Crippen MR) is 73.8 cm³/mol. The van der Waals surface area contributed by atoms with Crippen molar-refractivity contribution in [1.82, 2.24) is 10.6 Å². The lowest BCUT2D eigenvalue weighted by Crippen LogP contribution is -2.32. The standard InChI is InChI=1S/C13H20N2OS/c1-4-14-7-8-15-13(16)12-9-11(17-3)6-5-10(12)2/h5-6,9,14H,4,7-8H2,1-3H3,(H,15,16). The molecule has 1 aromatic carbocycles. The zero-order chi connectivity index (χ0) is 12.7. The van der Waals surface area contributed by atoms with Gasteiger partial charge in [0.05, 0.1) is 0 Å². The van der Waals surface area contributed by atoms with E-state index in [0.717, 1.165) is 29.1 Å². The van der Waals surface area contributed by atoms with E-state index in [1.54, 1.807) is 11.8 Å². The summed E-state index contributed by atoms with van der Waals surface area (Å²) >= 11 is 1.65. The molecule has 0 atom stereocenters. The van der Waals surface area contributed by atoms with Crippen LogP contribution in [0.25, 0.3) is 0 Å².